The van der Waals surface area contributed by atoms with Crippen molar-refractivity contribution >= 4 is 5.97 Å². The molecule has 0 amide bonds. The summed E-state index contributed by atoms with van der Waals surface area (Å²) in [5.41, 5.74) is 0.113. The summed E-state index contributed by atoms with van der Waals surface area (Å²) in [6.07, 6.45) is -0.0841. The first kappa shape index (κ1) is 12.2. The Morgan fingerprint density at radius 1 is 1.22 bits per heavy atom. The van der Waals surface area contributed by atoms with Crippen LogP contribution in [0, 0.1) is 11.6 Å². The summed E-state index contributed by atoms with van der Waals surface area (Å²) in [6, 6.07) is 2.83. The summed E-state index contributed by atoms with van der Waals surface area (Å²) in [6.45, 7) is 0. The van der Waals surface area contributed by atoms with Crippen molar-refractivity contribution in [3.05, 3.63) is 35.7 Å². The van der Waals surface area contributed by atoms with E-state index in [1.54, 1.807) is 0 Å². The number of carbonyl (C=O) groups is 1. The maximum Gasteiger partial charge on any atom is 0.303 e. The lowest BCUT2D eigenvalue weighted by Crippen LogP contribution is -1.97. The molecule has 0 saturated carbocycles. The van der Waals surface area contributed by atoms with Gasteiger partial charge in [0.05, 0.1) is 6.42 Å². The molecule has 0 bridgehead atoms. The lowest BCUT2D eigenvalue weighted by molar-refractivity contribution is -0.137. The molecule has 1 heterocycles. The molecule has 18 heavy (non-hydrogen) atoms. The van der Waals surface area contributed by atoms with Crippen molar-refractivity contribution in [2.45, 2.75) is 12.8 Å². The molecule has 0 spiro atoms. The van der Waals surface area contributed by atoms with E-state index in [0.717, 1.165) is 18.2 Å². The van der Waals surface area contributed by atoms with Gasteiger partial charge in [-0.2, -0.15) is 0 Å². The average molecular weight is 254 g/mol. The van der Waals surface area contributed by atoms with Gasteiger partial charge in [0, 0.05) is 18.1 Å². The van der Waals surface area contributed by atoms with Crippen molar-refractivity contribution < 1.29 is 23.1 Å². The van der Waals surface area contributed by atoms with Gasteiger partial charge < -0.3 is 9.52 Å². The third kappa shape index (κ3) is 2.88. The van der Waals surface area contributed by atoms with Crippen molar-refractivity contribution in [3.8, 4) is 11.5 Å². The van der Waals surface area contributed by atoms with E-state index in [2.05, 4.69) is 10.2 Å². The molecular formula is C11H8F2N2O3. The Hall–Kier alpha value is -2.31. The molecule has 0 aliphatic carbocycles. The molecule has 0 fully saturated rings. The summed E-state index contributed by atoms with van der Waals surface area (Å²) in [4.78, 5) is 10.3. The molecule has 5 nitrogen and oxygen atoms in total. The summed E-state index contributed by atoms with van der Waals surface area (Å²) < 4.78 is 31.0. The monoisotopic (exact) mass is 254 g/mol. The zero-order valence-corrected chi connectivity index (χ0v) is 9.06. The number of benzene rings is 1. The van der Waals surface area contributed by atoms with Crippen LogP contribution in [0.15, 0.2) is 22.6 Å². The van der Waals surface area contributed by atoms with Crippen molar-refractivity contribution in [3.63, 3.8) is 0 Å². The van der Waals surface area contributed by atoms with Crippen LogP contribution < -0.4 is 0 Å². The maximum absolute atomic E-state index is 13.0. The fraction of sp³-hybridized carbons (Fsp3) is 0.182. The van der Waals surface area contributed by atoms with E-state index in [0.29, 0.717) is 0 Å². The third-order valence-corrected chi connectivity index (χ3v) is 2.13. The number of carboxylic acid groups (broad SMARTS) is 1. The van der Waals surface area contributed by atoms with E-state index >= 15 is 0 Å². The molecule has 1 N–H and O–H groups in total. The molecule has 0 saturated heterocycles. The van der Waals surface area contributed by atoms with E-state index in [4.69, 9.17) is 9.52 Å². The van der Waals surface area contributed by atoms with Gasteiger partial charge in [-0.05, 0) is 12.1 Å². The summed E-state index contributed by atoms with van der Waals surface area (Å²) in [7, 11) is 0. The van der Waals surface area contributed by atoms with Crippen LogP contribution in [0.1, 0.15) is 12.3 Å². The van der Waals surface area contributed by atoms with Gasteiger partial charge in [0.2, 0.25) is 11.8 Å². The molecule has 0 atom stereocenters. The van der Waals surface area contributed by atoms with Gasteiger partial charge in [-0.15, -0.1) is 10.2 Å². The topological polar surface area (TPSA) is 76.2 Å². The van der Waals surface area contributed by atoms with Crippen LogP contribution in [0.25, 0.3) is 11.5 Å². The van der Waals surface area contributed by atoms with E-state index in [1.165, 1.54) is 0 Å². The standard InChI is InChI=1S/C11H8F2N2O3/c12-7-3-6(4-8(13)5-7)11-15-14-9(18-11)1-2-10(16)17/h3-5H,1-2H2,(H,16,17). The Morgan fingerprint density at radius 2 is 1.89 bits per heavy atom. The summed E-state index contributed by atoms with van der Waals surface area (Å²) in [5.74, 6) is -2.44. The Balaban J connectivity index is 2.21. The first-order chi connectivity index (χ1) is 8.54. The van der Waals surface area contributed by atoms with Crippen LogP contribution in [0.4, 0.5) is 8.78 Å². The van der Waals surface area contributed by atoms with Gasteiger partial charge in [-0.3, -0.25) is 4.79 Å². The smallest absolute Gasteiger partial charge is 0.303 e. The molecule has 0 radical (unpaired) electrons. The molecule has 0 unspecified atom stereocenters. The van der Waals surface area contributed by atoms with Crippen LogP contribution >= 0.6 is 0 Å². The number of aliphatic carboxylic acids is 1. The molecule has 0 aliphatic rings. The second-order valence-corrected chi connectivity index (χ2v) is 3.55. The van der Waals surface area contributed by atoms with Crippen LogP contribution in [0.3, 0.4) is 0 Å². The van der Waals surface area contributed by atoms with E-state index < -0.39 is 17.6 Å². The molecule has 7 heteroatoms. The number of halogens is 2. The second-order valence-electron chi connectivity index (χ2n) is 3.55. The number of aromatic nitrogens is 2. The summed E-state index contributed by atoms with van der Waals surface area (Å²) >= 11 is 0. The van der Waals surface area contributed by atoms with Gasteiger partial charge in [0.1, 0.15) is 11.6 Å². The van der Waals surface area contributed by atoms with E-state index in [9.17, 15) is 13.6 Å². The largest absolute Gasteiger partial charge is 0.481 e. The van der Waals surface area contributed by atoms with Crippen molar-refractivity contribution in [1.29, 1.82) is 0 Å². The number of nitrogens with zero attached hydrogens (tertiary/aromatic N) is 2. The highest BCUT2D eigenvalue weighted by Crippen LogP contribution is 2.20. The minimum atomic E-state index is -0.994. The first-order valence-electron chi connectivity index (χ1n) is 5.05. The van der Waals surface area contributed by atoms with Crippen LogP contribution in [-0.2, 0) is 11.2 Å². The molecule has 2 rings (SSSR count). The Kier molecular flexibility index (Phi) is 3.31. The number of hydrogen-bond donors (Lipinski definition) is 1. The summed E-state index contributed by atoms with van der Waals surface area (Å²) in [5, 5.41) is 15.7. The van der Waals surface area contributed by atoms with Gasteiger partial charge in [-0.25, -0.2) is 8.78 Å². The zero-order chi connectivity index (χ0) is 13.1. The Labute approximate surface area is 100 Å². The minimum Gasteiger partial charge on any atom is -0.481 e. The lowest BCUT2D eigenvalue weighted by Gasteiger charge is -1.96. The van der Waals surface area contributed by atoms with Gasteiger partial charge in [0.15, 0.2) is 0 Å². The molecule has 94 valence electrons. The van der Waals surface area contributed by atoms with Crippen LogP contribution in [0.5, 0.6) is 0 Å². The van der Waals surface area contributed by atoms with Gasteiger partial charge in [0.25, 0.3) is 0 Å². The molecule has 0 aliphatic heterocycles. The van der Waals surface area contributed by atoms with E-state index in [1.807, 2.05) is 0 Å². The highest BCUT2D eigenvalue weighted by atomic mass is 19.1. The van der Waals surface area contributed by atoms with Crippen LogP contribution in [0.2, 0.25) is 0 Å². The Bertz CT molecular complexity index is 563. The fourth-order valence-electron chi connectivity index (χ4n) is 1.36. The number of hydrogen-bond acceptors (Lipinski definition) is 4. The fourth-order valence-corrected chi connectivity index (χ4v) is 1.36. The molecule has 1 aromatic heterocycles. The Morgan fingerprint density at radius 3 is 2.50 bits per heavy atom. The third-order valence-electron chi connectivity index (χ3n) is 2.13. The highest BCUT2D eigenvalue weighted by molar-refractivity contribution is 5.66. The van der Waals surface area contributed by atoms with Crippen molar-refractivity contribution in [2.24, 2.45) is 0 Å². The van der Waals surface area contributed by atoms with Gasteiger partial charge >= 0.3 is 5.97 Å². The van der Waals surface area contributed by atoms with Gasteiger partial charge in [-0.1, -0.05) is 0 Å². The first-order valence-corrected chi connectivity index (χ1v) is 5.05. The van der Waals surface area contributed by atoms with Crippen LogP contribution in [-0.4, -0.2) is 21.3 Å². The van der Waals surface area contributed by atoms with Crippen molar-refractivity contribution in [1.82, 2.24) is 10.2 Å². The number of rotatable bonds is 4. The normalized spacial score (nSPS) is 10.6. The zero-order valence-electron chi connectivity index (χ0n) is 9.06. The second kappa shape index (κ2) is 4.91. The average Bonchev–Trinajstić information content (AvgIpc) is 2.73. The predicted octanol–water partition coefficient (Wildman–Crippen LogP) is 2.03. The van der Waals surface area contributed by atoms with Crippen molar-refractivity contribution in [2.75, 3.05) is 0 Å². The molecule has 2 aromatic rings. The number of aryl methyl sites for hydroxylation is 1. The SMILES string of the molecule is O=C(O)CCc1nnc(-c2cc(F)cc(F)c2)o1. The van der Waals surface area contributed by atoms with E-state index in [-0.39, 0.29) is 30.2 Å². The minimum absolute atomic E-state index is 0.0474. The predicted molar refractivity (Wildman–Crippen MR) is 55.6 cm³/mol. The molecular weight excluding hydrogens is 246 g/mol. The molecule has 1 aromatic carbocycles. The highest BCUT2D eigenvalue weighted by Gasteiger charge is 2.11. The maximum atomic E-state index is 13.0. The lowest BCUT2D eigenvalue weighted by atomic mass is 10.2. The number of carboxylic acids is 1. The quantitative estimate of drug-likeness (QED) is 0.903.